The maximum absolute atomic E-state index is 10.0. The fourth-order valence-electron chi connectivity index (χ4n) is 16.6. The first-order valence-electron chi connectivity index (χ1n) is 42.7. The largest absolute Gasteiger partial charge is 2.00 e. The fourth-order valence-corrected chi connectivity index (χ4v) is 20.5. The van der Waals surface area contributed by atoms with Crippen LogP contribution in [0.5, 0.6) is 0 Å². The smallest absolute Gasteiger partial charge is 0.512 e. The van der Waals surface area contributed by atoms with Gasteiger partial charge in [-0.3, -0.25) is 29.7 Å². The third-order valence-electron chi connectivity index (χ3n) is 22.3. The molecule has 0 fully saturated rings. The Morgan fingerprint density at radius 1 is 0.370 bits per heavy atom. The van der Waals surface area contributed by atoms with E-state index in [0.29, 0.717) is 6.42 Å². The van der Waals surface area contributed by atoms with E-state index in [0.717, 1.165) is 154 Å². The number of aliphatic hydroxyl groups is 1. The van der Waals surface area contributed by atoms with Crippen LogP contribution in [0.25, 0.3) is 149 Å². The standard InChI is InChI=1S/C39H22N2S2.C28H19N3.C27H16N2S2.C17H11N2.C5H8O2.Ir.3Pt/c1-7-19-33-25(11-1)23-35(42-33)31-17-9-21-37(40-31)39(29-15-5-3-13-27(29)28-14-4-6-16-30(28)39)38-22-10-18-32(41-38)36-24-26-12-2-8-20-34(26)43-36;1-2-12-24(13-3-1)31(25-14-8-10-22(20-25)27-16-4-6-18-29-27)26-15-9-11-23(21-26)28-17-5-7-19-30-28;1-3-13-24-18(7-1)15-26(30-24)22-11-5-9-20(28-22)17-21-10-6-12-23(29-21)27-16-19-8-2-4-14-25(19)31-27;1-11-10-18-16-14-8-4-2-6-12(14)13-7-3-5-9-15(13)17(16)19-11;1-4(6)3-5(2)7;;;;/h1-22H;1-19H;1-14H,17H2;2-7,9-10H,1H3;3,6H,1-2H3;;;;/q3*-2;-1;;;3*+2. The number of benzene rings is 12. The van der Waals surface area contributed by atoms with E-state index in [-0.39, 0.29) is 94.8 Å². The van der Waals surface area contributed by atoms with Crippen LogP contribution < -0.4 is 4.90 Å². The first-order chi connectivity index (χ1) is 64.5. The average Bonchev–Trinajstić information content (AvgIpc) is 1.54. The van der Waals surface area contributed by atoms with Gasteiger partial charge in [-0.2, -0.15) is 0 Å². The van der Waals surface area contributed by atoms with Gasteiger partial charge >= 0.3 is 63.2 Å². The zero-order chi connectivity index (χ0) is 88.6. The summed E-state index contributed by atoms with van der Waals surface area (Å²) in [7, 11) is 0. The van der Waals surface area contributed by atoms with E-state index in [4.69, 9.17) is 25.0 Å². The predicted octanol–water partition coefficient (Wildman–Crippen LogP) is 29.6. The van der Waals surface area contributed by atoms with Crippen molar-refractivity contribution in [1.82, 2.24) is 39.9 Å². The van der Waals surface area contributed by atoms with Crippen LogP contribution >= 0.6 is 45.3 Å². The second-order valence-corrected chi connectivity index (χ2v) is 35.4. The number of carbonyl (C=O) groups is 1. The van der Waals surface area contributed by atoms with Gasteiger partial charge in [0.15, 0.2) is 5.78 Å². The molecule has 0 saturated heterocycles. The first kappa shape index (κ1) is 95.1. The molecule has 0 amide bonds. The number of thiophene rings is 4. The molecule has 0 spiro atoms. The molecule has 1 aliphatic carbocycles. The van der Waals surface area contributed by atoms with E-state index in [2.05, 4.69) is 322 Å². The van der Waals surface area contributed by atoms with Crippen LogP contribution in [0.3, 0.4) is 0 Å². The van der Waals surface area contributed by atoms with Gasteiger partial charge in [0, 0.05) is 96.6 Å². The third kappa shape index (κ3) is 20.6. The Balaban J connectivity index is 0.000000130. The fraction of sp³-hybridized carbons (Fsp3) is 0.0431. The Kier molecular flexibility index (Phi) is 30.7. The van der Waals surface area contributed by atoms with Crippen LogP contribution in [0, 0.1) is 49.4 Å². The van der Waals surface area contributed by atoms with E-state index in [1.165, 1.54) is 71.7 Å². The molecule has 12 aromatic carbocycles. The normalized spacial score (nSPS) is 11.5. The van der Waals surface area contributed by atoms with Crippen molar-refractivity contribution in [3.8, 4) is 75.9 Å². The Bertz CT molecular complexity index is 7640. The number of hydrogen-bond acceptors (Lipinski definition) is 15. The van der Waals surface area contributed by atoms with Gasteiger partial charge in [0.25, 0.3) is 0 Å². The van der Waals surface area contributed by atoms with Gasteiger partial charge in [0.05, 0.1) is 28.4 Å². The molecule has 1 aliphatic rings. The molecule has 24 rings (SSSR count). The van der Waals surface area contributed by atoms with E-state index >= 15 is 0 Å². The summed E-state index contributed by atoms with van der Waals surface area (Å²) in [6.45, 7) is 4.82. The molecule has 0 bridgehead atoms. The summed E-state index contributed by atoms with van der Waals surface area (Å²) >= 11 is 6.93. The van der Waals surface area contributed by atoms with E-state index in [1.807, 2.05) is 122 Å². The molecule has 1 radical (unpaired) electrons. The Labute approximate surface area is 855 Å². The van der Waals surface area contributed by atoms with Crippen LogP contribution in [-0.2, 0) is 99.9 Å². The number of aliphatic hydroxyl groups excluding tert-OH is 1. The Morgan fingerprint density at radius 2 is 0.763 bits per heavy atom. The molecule has 1 N–H and O–H groups in total. The minimum atomic E-state index is -0.688. The number of rotatable bonds is 14. The number of aromatic nitrogens is 8. The number of para-hydroxylation sites is 1. The topological polar surface area (TPSA) is 144 Å². The molecule has 0 unspecified atom stereocenters. The number of hydrogen-bond donors (Lipinski definition) is 1. The molecule has 19 heteroatoms. The molecule has 11 heterocycles. The minimum Gasteiger partial charge on any atom is -0.512 e. The van der Waals surface area contributed by atoms with Crippen LogP contribution in [0.1, 0.15) is 53.4 Å². The van der Waals surface area contributed by atoms with Gasteiger partial charge in [-0.1, -0.05) is 223 Å². The summed E-state index contributed by atoms with van der Waals surface area (Å²) < 4.78 is 4.90. The number of carbonyl (C=O) groups excluding carboxylic acids is 1. The second kappa shape index (κ2) is 43.5. The van der Waals surface area contributed by atoms with Gasteiger partial charge in [-0.15, -0.1) is 184 Å². The van der Waals surface area contributed by atoms with Crippen molar-refractivity contribution in [2.75, 3.05) is 4.90 Å². The molecule has 11 aromatic heterocycles. The molecule has 0 atom stereocenters. The molecular weight excluding hydrogens is 2460 g/mol. The van der Waals surface area contributed by atoms with Crippen molar-refractivity contribution in [1.29, 1.82) is 0 Å². The van der Waals surface area contributed by atoms with E-state index in [9.17, 15) is 4.79 Å². The van der Waals surface area contributed by atoms with Gasteiger partial charge in [0.1, 0.15) is 5.41 Å². The van der Waals surface area contributed by atoms with Crippen molar-refractivity contribution in [3.63, 3.8) is 0 Å². The summed E-state index contributed by atoms with van der Waals surface area (Å²) in [5, 5.41) is 17.5. The summed E-state index contributed by atoms with van der Waals surface area (Å²) in [4.78, 5) is 55.3. The number of fused-ring (bicyclic) bond motifs is 13. The molecule has 135 heavy (non-hydrogen) atoms. The second-order valence-electron chi connectivity index (χ2n) is 31.2. The maximum atomic E-state index is 10.0. The monoisotopic (exact) mass is 2530 g/mol. The van der Waals surface area contributed by atoms with E-state index < -0.39 is 5.41 Å². The minimum absolute atomic E-state index is 0. The molecule has 11 nitrogen and oxygen atoms in total. The van der Waals surface area contributed by atoms with Crippen molar-refractivity contribution >= 4 is 141 Å². The zero-order valence-electron chi connectivity index (χ0n) is 72.5. The van der Waals surface area contributed by atoms with Crippen molar-refractivity contribution < 1.29 is 93.2 Å². The zero-order valence-corrected chi connectivity index (χ0v) is 84.9. The summed E-state index contributed by atoms with van der Waals surface area (Å²) in [5.74, 6) is -0.0625. The predicted molar refractivity (Wildman–Crippen MR) is 540 cm³/mol. The number of allylic oxidation sites excluding steroid dienone is 2. The Hall–Kier alpha value is -13.0. The van der Waals surface area contributed by atoms with Gasteiger partial charge in [-0.25, -0.2) is 45.3 Å². The number of anilines is 3. The van der Waals surface area contributed by atoms with Crippen LogP contribution in [0.15, 0.2) is 394 Å². The Morgan fingerprint density at radius 3 is 1.20 bits per heavy atom. The summed E-state index contributed by atoms with van der Waals surface area (Å²) in [6, 6.07) is 149. The molecule has 23 aromatic rings. The van der Waals surface area contributed by atoms with Crippen LogP contribution in [-0.4, -0.2) is 50.8 Å². The molecule has 661 valence electrons. The summed E-state index contributed by atoms with van der Waals surface area (Å²) in [6.07, 6.45) is 7.28. The average molecular weight is 2530 g/mol. The van der Waals surface area contributed by atoms with Crippen molar-refractivity contribution in [3.05, 3.63) is 476 Å². The third-order valence-corrected chi connectivity index (χ3v) is 26.7. The first-order valence-corrected chi connectivity index (χ1v) is 46.0. The molecule has 0 saturated carbocycles. The number of aryl methyl sites for hydroxylation is 1. The van der Waals surface area contributed by atoms with Crippen molar-refractivity contribution in [2.45, 2.75) is 32.6 Å². The van der Waals surface area contributed by atoms with Crippen LogP contribution in [0.2, 0.25) is 0 Å². The van der Waals surface area contributed by atoms with Gasteiger partial charge in [0.2, 0.25) is 0 Å². The number of ketones is 1. The number of pyridine rings is 6. The van der Waals surface area contributed by atoms with Crippen molar-refractivity contribution in [2.24, 2.45) is 0 Å². The number of nitrogens with zero attached hydrogens (tertiary/aromatic N) is 9. The van der Waals surface area contributed by atoms with Gasteiger partial charge < -0.3 is 25.0 Å². The molecular formula is C116H76IrN9O2Pt3S4-. The van der Waals surface area contributed by atoms with Crippen LogP contribution in [0.4, 0.5) is 17.1 Å². The quantitative estimate of drug-likeness (QED) is 0.0481. The summed E-state index contributed by atoms with van der Waals surface area (Å²) in [5.41, 5.74) is 21.2. The SMILES string of the molecule is CC(=O)C=C(C)O.Cc1cnc2c3[c-]cccc3c3ccccc3c2n1.[Ir].[Pt+2].[Pt+2].[Pt+2].[c-]1c(-c2cccc(C3(c4cccc(-c5[c-]c6ccccc6s5)n4)c4ccccc4-c4ccccc43)n2)sc2ccccc12.[c-]1c(-c2cccc(Cc3cccc(-c4[c-]c5ccccc5s4)n3)n2)sc2ccccc12.[c-]1c(-c2ccccn2)cccc1N(c1[c-]c(-c2ccccn2)ccc1)c1ccccc1. The van der Waals surface area contributed by atoms with Gasteiger partial charge in [-0.05, 0) is 158 Å². The maximum Gasteiger partial charge on any atom is 2.00 e. The molecule has 0 aliphatic heterocycles. The van der Waals surface area contributed by atoms with E-state index in [1.54, 1.807) is 57.7 Å².